The molecule has 0 bridgehead atoms. The van der Waals surface area contributed by atoms with E-state index in [-0.39, 0.29) is 17.5 Å². The lowest BCUT2D eigenvalue weighted by molar-refractivity contribution is -0.135. The van der Waals surface area contributed by atoms with Gasteiger partial charge in [0, 0.05) is 38.1 Å². The number of carbonyl (C=O) groups is 2. The van der Waals surface area contributed by atoms with Crippen LogP contribution in [0.25, 0.3) is 0 Å². The molecule has 6 heteroatoms. The van der Waals surface area contributed by atoms with Crippen molar-refractivity contribution < 1.29 is 9.59 Å². The molecule has 6 nitrogen and oxygen atoms in total. The van der Waals surface area contributed by atoms with E-state index < -0.39 is 5.91 Å². The van der Waals surface area contributed by atoms with Gasteiger partial charge in [0.05, 0.1) is 5.92 Å². The zero-order valence-electron chi connectivity index (χ0n) is 11.3. The van der Waals surface area contributed by atoms with Crippen LogP contribution in [0.15, 0.2) is 18.3 Å². The Hall–Kier alpha value is -2.11. The van der Waals surface area contributed by atoms with E-state index in [1.54, 1.807) is 12.3 Å². The third-order valence-electron chi connectivity index (χ3n) is 4.01. The van der Waals surface area contributed by atoms with E-state index in [4.69, 9.17) is 5.73 Å². The van der Waals surface area contributed by atoms with Crippen molar-refractivity contribution in [3.63, 3.8) is 0 Å². The first-order valence-electron chi connectivity index (χ1n) is 6.95. The van der Waals surface area contributed by atoms with Gasteiger partial charge in [0.15, 0.2) is 0 Å². The third-order valence-corrected chi connectivity index (χ3v) is 4.01. The van der Waals surface area contributed by atoms with Gasteiger partial charge in [-0.3, -0.25) is 14.6 Å². The van der Waals surface area contributed by atoms with E-state index in [2.05, 4.69) is 9.88 Å². The van der Waals surface area contributed by atoms with Gasteiger partial charge in [-0.15, -0.1) is 0 Å². The van der Waals surface area contributed by atoms with E-state index in [0.717, 1.165) is 31.6 Å². The zero-order chi connectivity index (χ0) is 14.1. The number of anilines is 1. The lowest BCUT2D eigenvalue weighted by Gasteiger charge is -2.41. The number of amides is 2. The number of hydrogen-bond acceptors (Lipinski definition) is 4. The van der Waals surface area contributed by atoms with E-state index in [0.29, 0.717) is 13.1 Å². The first kappa shape index (κ1) is 12.9. The molecular weight excluding hydrogens is 256 g/mol. The lowest BCUT2D eigenvalue weighted by Crippen LogP contribution is -2.54. The maximum absolute atomic E-state index is 12.2. The molecule has 0 spiro atoms. The summed E-state index contributed by atoms with van der Waals surface area (Å²) < 4.78 is 0. The summed E-state index contributed by atoms with van der Waals surface area (Å²) in [7, 11) is 0. The number of hydrogen-bond donors (Lipinski definition) is 1. The van der Waals surface area contributed by atoms with Gasteiger partial charge in [0.25, 0.3) is 5.91 Å². The van der Waals surface area contributed by atoms with Crippen LogP contribution in [0.4, 0.5) is 5.69 Å². The molecule has 0 radical (unpaired) electrons. The minimum Gasteiger partial charge on any atom is -0.370 e. The van der Waals surface area contributed by atoms with E-state index >= 15 is 0 Å². The normalized spacial score (nSPS) is 19.0. The maximum Gasteiger partial charge on any atom is 0.267 e. The van der Waals surface area contributed by atoms with Crippen LogP contribution in [-0.4, -0.2) is 47.9 Å². The van der Waals surface area contributed by atoms with Crippen LogP contribution in [-0.2, 0) is 4.79 Å². The number of pyridine rings is 1. The molecule has 2 aliphatic rings. The lowest BCUT2D eigenvalue weighted by atomic mass is 9.97. The summed E-state index contributed by atoms with van der Waals surface area (Å²) >= 11 is 0. The van der Waals surface area contributed by atoms with Gasteiger partial charge in [-0.1, -0.05) is 0 Å². The maximum atomic E-state index is 12.2. The quantitative estimate of drug-likeness (QED) is 0.856. The Morgan fingerprint density at radius 3 is 2.60 bits per heavy atom. The van der Waals surface area contributed by atoms with Crippen molar-refractivity contribution in [2.45, 2.75) is 12.8 Å². The molecule has 0 aromatic carbocycles. The number of rotatable bonds is 3. The molecule has 20 heavy (non-hydrogen) atoms. The summed E-state index contributed by atoms with van der Waals surface area (Å²) in [4.78, 5) is 31.3. The van der Waals surface area contributed by atoms with E-state index in [9.17, 15) is 9.59 Å². The fourth-order valence-corrected chi connectivity index (χ4v) is 2.79. The van der Waals surface area contributed by atoms with Crippen molar-refractivity contribution >= 4 is 17.5 Å². The molecule has 1 aromatic heterocycles. The highest BCUT2D eigenvalue weighted by Gasteiger charge is 2.36. The predicted octanol–water partition coefficient (Wildman–Crippen LogP) is 0.239. The first-order chi connectivity index (χ1) is 9.65. The summed E-state index contributed by atoms with van der Waals surface area (Å²) in [6.45, 7) is 3.21. The monoisotopic (exact) mass is 274 g/mol. The largest absolute Gasteiger partial charge is 0.370 e. The van der Waals surface area contributed by atoms with Crippen molar-refractivity contribution in [3.05, 3.63) is 24.0 Å². The Morgan fingerprint density at radius 1 is 1.25 bits per heavy atom. The van der Waals surface area contributed by atoms with Crippen molar-refractivity contribution in [3.8, 4) is 0 Å². The van der Waals surface area contributed by atoms with Gasteiger partial charge in [-0.2, -0.15) is 0 Å². The summed E-state index contributed by atoms with van der Waals surface area (Å²) in [5, 5.41) is 0. The number of aromatic nitrogens is 1. The fraction of sp³-hybridized carbons (Fsp3) is 0.500. The average Bonchev–Trinajstić information content (AvgIpc) is 2.91. The Labute approximate surface area is 117 Å². The molecule has 3 rings (SSSR count). The summed E-state index contributed by atoms with van der Waals surface area (Å²) in [6.07, 6.45) is 3.81. The van der Waals surface area contributed by atoms with E-state index in [1.807, 2.05) is 11.0 Å². The van der Waals surface area contributed by atoms with Crippen molar-refractivity contribution in [2.75, 3.05) is 31.1 Å². The van der Waals surface area contributed by atoms with Crippen LogP contribution in [0.3, 0.4) is 0 Å². The second-order valence-electron chi connectivity index (χ2n) is 5.40. The highest BCUT2D eigenvalue weighted by Crippen LogP contribution is 2.26. The van der Waals surface area contributed by atoms with E-state index in [1.165, 1.54) is 0 Å². The van der Waals surface area contributed by atoms with Crippen LogP contribution in [0.2, 0.25) is 0 Å². The Balaban J connectivity index is 1.61. The standard InChI is InChI=1S/C14H18N4O2/c15-13(19)12-7-11(3-4-16-12)18-8-10(9-18)14(20)17-5-1-2-6-17/h3-4,7,10H,1-2,5-6,8-9H2,(H2,15,19). The topological polar surface area (TPSA) is 79.5 Å². The van der Waals surface area contributed by atoms with Gasteiger partial charge >= 0.3 is 0 Å². The number of nitrogens with two attached hydrogens (primary N) is 1. The SMILES string of the molecule is NC(=O)c1cc(N2CC(C(=O)N3CCCC3)C2)ccn1. The van der Waals surface area contributed by atoms with Gasteiger partial charge in [-0.05, 0) is 25.0 Å². The molecule has 0 saturated carbocycles. The van der Waals surface area contributed by atoms with Gasteiger partial charge < -0.3 is 15.5 Å². The summed E-state index contributed by atoms with van der Waals surface area (Å²) in [6, 6.07) is 3.52. The molecule has 2 saturated heterocycles. The molecular formula is C14H18N4O2. The van der Waals surface area contributed by atoms with Crippen LogP contribution in [0, 0.1) is 5.92 Å². The predicted molar refractivity (Wildman–Crippen MR) is 74.3 cm³/mol. The molecule has 1 aromatic rings. The molecule has 3 heterocycles. The molecule has 2 fully saturated rings. The Kier molecular flexibility index (Phi) is 3.30. The second-order valence-corrected chi connectivity index (χ2v) is 5.40. The number of carbonyl (C=O) groups excluding carboxylic acids is 2. The van der Waals surface area contributed by atoms with Crippen LogP contribution in [0.1, 0.15) is 23.3 Å². The first-order valence-corrected chi connectivity index (χ1v) is 6.95. The summed E-state index contributed by atoms with van der Waals surface area (Å²) in [5.41, 5.74) is 6.38. The van der Waals surface area contributed by atoms with Crippen LogP contribution in [0.5, 0.6) is 0 Å². The Bertz CT molecular complexity index is 534. The number of primary amides is 1. The molecule has 0 aliphatic carbocycles. The summed E-state index contributed by atoms with van der Waals surface area (Å²) in [5.74, 6) is -0.182. The van der Waals surface area contributed by atoms with Crippen LogP contribution < -0.4 is 10.6 Å². The zero-order valence-corrected chi connectivity index (χ0v) is 11.3. The van der Waals surface area contributed by atoms with Crippen molar-refractivity contribution in [2.24, 2.45) is 11.7 Å². The second kappa shape index (κ2) is 5.11. The molecule has 2 amide bonds. The Morgan fingerprint density at radius 2 is 1.95 bits per heavy atom. The highest BCUT2D eigenvalue weighted by atomic mass is 16.2. The van der Waals surface area contributed by atoms with Crippen LogP contribution >= 0.6 is 0 Å². The minimum atomic E-state index is -0.530. The highest BCUT2D eigenvalue weighted by molar-refractivity contribution is 5.91. The smallest absolute Gasteiger partial charge is 0.267 e. The van der Waals surface area contributed by atoms with Crippen molar-refractivity contribution in [1.82, 2.24) is 9.88 Å². The third kappa shape index (κ3) is 2.33. The molecule has 106 valence electrons. The molecule has 0 atom stereocenters. The van der Waals surface area contributed by atoms with Gasteiger partial charge in [0.1, 0.15) is 5.69 Å². The number of nitrogens with zero attached hydrogens (tertiary/aromatic N) is 3. The molecule has 0 unspecified atom stereocenters. The molecule has 2 N–H and O–H groups in total. The van der Waals surface area contributed by atoms with Gasteiger partial charge in [-0.25, -0.2) is 0 Å². The van der Waals surface area contributed by atoms with Crippen molar-refractivity contribution in [1.29, 1.82) is 0 Å². The number of likely N-dealkylation sites (tertiary alicyclic amines) is 1. The van der Waals surface area contributed by atoms with Gasteiger partial charge in [0.2, 0.25) is 5.91 Å². The average molecular weight is 274 g/mol. The minimum absolute atomic E-state index is 0.0818. The fourth-order valence-electron chi connectivity index (χ4n) is 2.79. The molecule has 2 aliphatic heterocycles.